The van der Waals surface area contributed by atoms with Gasteiger partial charge < -0.3 is 4.90 Å². The number of thiazole rings is 1. The number of anilines is 1. The quantitative estimate of drug-likeness (QED) is 0.750. The first-order valence-corrected chi connectivity index (χ1v) is 10.4. The molecule has 0 bridgehead atoms. The highest BCUT2D eigenvalue weighted by Crippen LogP contribution is 2.28. The van der Waals surface area contributed by atoms with Crippen LogP contribution in [-0.4, -0.2) is 54.4 Å². The van der Waals surface area contributed by atoms with Gasteiger partial charge in [0.15, 0.2) is 5.13 Å². The Bertz CT molecular complexity index is 810. The molecular weight excluding hydrogens is 374 g/mol. The highest BCUT2D eigenvalue weighted by atomic mass is 32.1. The molecule has 1 aromatic carbocycles. The summed E-state index contributed by atoms with van der Waals surface area (Å²) in [7, 11) is 0. The van der Waals surface area contributed by atoms with E-state index in [0.717, 1.165) is 42.6 Å². The van der Waals surface area contributed by atoms with Crippen LogP contribution in [0.5, 0.6) is 0 Å². The summed E-state index contributed by atoms with van der Waals surface area (Å²) in [6, 6.07) is 8.40. The molecule has 2 N–H and O–H groups in total. The van der Waals surface area contributed by atoms with Gasteiger partial charge in [-0.05, 0) is 6.92 Å². The zero-order chi connectivity index (χ0) is 20.1. The van der Waals surface area contributed by atoms with E-state index in [0.29, 0.717) is 0 Å². The number of hydrogen-bond acceptors (Lipinski definition) is 6. The molecule has 8 heteroatoms. The van der Waals surface area contributed by atoms with Gasteiger partial charge in [-0.15, -0.1) is 11.3 Å². The maximum Gasteiger partial charge on any atom is 0.252 e. The summed E-state index contributed by atoms with van der Waals surface area (Å²) in [4.78, 5) is 32.6. The van der Waals surface area contributed by atoms with Gasteiger partial charge in [-0.2, -0.15) is 0 Å². The average Bonchev–Trinajstić information content (AvgIpc) is 3.17. The molecule has 0 unspecified atom stereocenters. The Balaban J connectivity index is 1.47. The van der Waals surface area contributed by atoms with Crippen molar-refractivity contribution in [2.75, 3.05) is 37.6 Å². The lowest BCUT2D eigenvalue weighted by atomic mass is 10.1. The van der Waals surface area contributed by atoms with Crippen molar-refractivity contribution in [3.05, 3.63) is 35.2 Å². The third-order valence-electron chi connectivity index (χ3n) is 4.70. The summed E-state index contributed by atoms with van der Waals surface area (Å²) < 4.78 is 0. The van der Waals surface area contributed by atoms with Crippen LogP contribution in [0.3, 0.4) is 0 Å². The van der Waals surface area contributed by atoms with Gasteiger partial charge in [0, 0.05) is 43.0 Å². The number of piperazine rings is 1. The van der Waals surface area contributed by atoms with Crippen LogP contribution in [0.2, 0.25) is 0 Å². The van der Waals surface area contributed by atoms with Gasteiger partial charge in [-0.25, -0.2) is 4.98 Å². The van der Waals surface area contributed by atoms with Crippen molar-refractivity contribution in [2.45, 2.75) is 20.8 Å². The van der Waals surface area contributed by atoms with Crippen LogP contribution in [0, 0.1) is 12.8 Å². The molecule has 2 heterocycles. The summed E-state index contributed by atoms with van der Waals surface area (Å²) in [5, 5.41) is 3.11. The Kier molecular flexibility index (Phi) is 6.64. The molecule has 2 aromatic rings. The van der Waals surface area contributed by atoms with E-state index in [9.17, 15) is 9.59 Å². The van der Waals surface area contributed by atoms with Crippen LogP contribution in [-0.2, 0) is 9.59 Å². The number of aryl methyl sites for hydroxylation is 1. The predicted octanol–water partition coefficient (Wildman–Crippen LogP) is 2.04. The van der Waals surface area contributed by atoms with Crippen LogP contribution in [0.1, 0.15) is 19.4 Å². The molecule has 28 heavy (non-hydrogen) atoms. The molecule has 1 saturated heterocycles. The molecule has 7 nitrogen and oxygen atoms in total. The second-order valence-corrected chi connectivity index (χ2v) is 8.17. The maximum absolute atomic E-state index is 12.0. The monoisotopic (exact) mass is 401 g/mol. The first-order valence-electron chi connectivity index (χ1n) is 9.51. The van der Waals surface area contributed by atoms with Gasteiger partial charge in [0.1, 0.15) is 0 Å². The zero-order valence-corrected chi connectivity index (χ0v) is 17.4. The molecule has 0 radical (unpaired) electrons. The third-order valence-corrected chi connectivity index (χ3v) is 5.60. The van der Waals surface area contributed by atoms with Crippen LogP contribution in [0.25, 0.3) is 11.3 Å². The summed E-state index contributed by atoms with van der Waals surface area (Å²) >= 11 is 1.65. The van der Waals surface area contributed by atoms with E-state index in [-0.39, 0.29) is 24.3 Å². The lowest BCUT2D eigenvalue weighted by molar-refractivity contribution is -0.131. The molecule has 1 aromatic heterocycles. The fraction of sp³-hybridized carbons (Fsp3) is 0.450. The van der Waals surface area contributed by atoms with E-state index >= 15 is 0 Å². The smallest absolute Gasteiger partial charge is 0.252 e. The molecule has 0 atom stereocenters. The lowest BCUT2D eigenvalue weighted by Gasteiger charge is -2.34. The lowest BCUT2D eigenvalue weighted by Crippen LogP contribution is -2.52. The summed E-state index contributed by atoms with van der Waals surface area (Å²) in [5.41, 5.74) is 8.29. The minimum Gasteiger partial charge on any atom is -0.346 e. The van der Waals surface area contributed by atoms with E-state index in [4.69, 9.17) is 4.98 Å². The maximum atomic E-state index is 12.0. The second kappa shape index (κ2) is 9.16. The van der Waals surface area contributed by atoms with Crippen molar-refractivity contribution in [1.29, 1.82) is 0 Å². The molecule has 0 spiro atoms. The van der Waals surface area contributed by atoms with Crippen molar-refractivity contribution in [2.24, 2.45) is 5.92 Å². The number of rotatable bonds is 5. The SMILES string of the molecule is Cc1ccc(-c2csc(N3CCN(CC(=O)NNC(=O)C(C)C)CC3)n2)cc1. The van der Waals surface area contributed by atoms with Crippen LogP contribution < -0.4 is 15.8 Å². The van der Waals surface area contributed by atoms with Crippen molar-refractivity contribution >= 4 is 28.3 Å². The van der Waals surface area contributed by atoms with E-state index < -0.39 is 0 Å². The largest absolute Gasteiger partial charge is 0.346 e. The molecule has 150 valence electrons. The molecule has 3 rings (SSSR count). The number of hydrazine groups is 1. The van der Waals surface area contributed by atoms with E-state index in [1.165, 1.54) is 5.56 Å². The first-order chi connectivity index (χ1) is 13.4. The molecular formula is C20H27N5O2S. The molecule has 1 aliphatic rings. The van der Waals surface area contributed by atoms with Crippen molar-refractivity contribution in [1.82, 2.24) is 20.7 Å². The third kappa shape index (κ3) is 5.30. The average molecular weight is 402 g/mol. The summed E-state index contributed by atoms with van der Waals surface area (Å²) in [5.74, 6) is -0.545. The van der Waals surface area contributed by atoms with Gasteiger partial charge in [0.05, 0.1) is 12.2 Å². The number of hydrogen-bond donors (Lipinski definition) is 2. The van der Waals surface area contributed by atoms with Crippen molar-refractivity contribution in [3.8, 4) is 11.3 Å². The molecule has 0 saturated carbocycles. The number of aromatic nitrogens is 1. The molecule has 1 aliphatic heterocycles. The van der Waals surface area contributed by atoms with Crippen LogP contribution in [0.4, 0.5) is 5.13 Å². The predicted molar refractivity (Wildman–Crippen MR) is 112 cm³/mol. The normalized spacial score (nSPS) is 14.9. The molecule has 2 amide bonds. The Labute approximate surface area is 169 Å². The van der Waals surface area contributed by atoms with Crippen LogP contribution >= 0.6 is 11.3 Å². The van der Waals surface area contributed by atoms with Gasteiger partial charge in [0.25, 0.3) is 5.91 Å². The Morgan fingerprint density at radius 3 is 2.43 bits per heavy atom. The Morgan fingerprint density at radius 1 is 1.11 bits per heavy atom. The van der Waals surface area contributed by atoms with Crippen molar-refractivity contribution in [3.63, 3.8) is 0 Å². The van der Waals surface area contributed by atoms with E-state index in [1.54, 1.807) is 25.2 Å². The standard InChI is InChI=1S/C20H27N5O2S/c1-14(2)19(27)23-22-18(26)12-24-8-10-25(11-9-24)20-21-17(13-28-20)16-6-4-15(3)5-7-16/h4-7,13-14H,8-12H2,1-3H3,(H,22,26)(H,23,27). The van der Waals surface area contributed by atoms with Crippen molar-refractivity contribution < 1.29 is 9.59 Å². The first kappa shape index (κ1) is 20.3. The van der Waals surface area contributed by atoms with Gasteiger partial charge in [-0.3, -0.25) is 25.3 Å². The number of nitrogens with zero attached hydrogens (tertiary/aromatic N) is 3. The second-order valence-electron chi connectivity index (χ2n) is 7.34. The van der Waals surface area contributed by atoms with Gasteiger partial charge >= 0.3 is 0 Å². The summed E-state index contributed by atoms with van der Waals surface area (Å²) in [6.45, 7) is 9.13. The minimum absolute atomic E-state index is 0.160. The minimum atomic E-state index is -0.196. The number of carbonyl (C=O) groups excluding carboxylic acids is 2. The number of benzene rings is 1. The highest BCUT2D eigenvalue weighted by Gasteiger charge is 2.21. The number of amides is 2. The fourth-order valence-electron chi connectivity index (χ4n) is 2.88. The van der Waals surface area contributed by atoms with Crippen LogP contribution in [0.15, 0.2) is 29.6 Å². The number of carbonyl (C=O) groups is 2. The molecule has 0 aliphatic carbocycles. The summed E-state index contributed by atoms with van der Waals surface area (Å²) in [6.07, 6.45) is 0. The van der Waals surface area contributed by atoms with Gasteiger partial charge in [0.2, 0.25) is 5.91 Å². The highest BCUT2D eigenvalue weighted by molar-refractivity contribution is 7.14. The fourth-order valence-corrected chi connectivity index (χ4v) is 3.77. The van der Waals surface area contributed by atoms with E-state index in [2.05, 4.69) is 57.2 Å². The Hall–Kier alpha value is -2.45. The zero-order valence-electron chi connectivity index (χ0n) is 16.6. The topological polar surface area (TPSA) is 77.6 Å². The number of nitrogens with one attached hydrogen (secondary N) is 2. The molecule has 1 fully saturated rings. The Morgan fingerprint density at radius 2 is 1.79 bits per heavy atom. The van der Waals surface area contributed by atoms with Gasteiger partial charge in [-0.1, -0.05) is 43.7 Å². The van der Waals surface area contributed by atoms with E-state index in [1.807, 2.05) is 0 Å².